The minimum atomic E-state index is -0.345. The van der Waals surface area contributed by atoms with E-state index in [0.717, 1.165) is 34.9 Å². The maximum Gasteiger partial charge on any atom is 0.322 e. The summed E-state index contributed by atoms with van der Waals surface area (Å²) in [6.07, 6.45) is 4.34. The number of nitrogens with one attached hydrogen (secondary N) is 2. The second kappa shape index (κ2) is 12.7. The van der Waals surface area contributed by atoms with Crippen molar-refractivity contribution in [1.29, 1.82) is 0 Å². The number of nitrogens with zero attached hydrogens (tertiary/aromatic N) is 2. The molecular weight excluding hydrogens is 563 g/mol. The number of halogens is 2. The second-order valence-electron chi connectivity index (χ2n) is 10.1. The van der Waals surface area contributed by atoms with Gasteiger partial charge in [-0.3, -0.25) is 4.79 Å². The van der Waals surface area contributed by atoms with E-state index >= 15 is 0 Å². The van der Waals surface area contributed by atoms with Gasteiger partial charge in [0.2, 0.25) is 5.91 Å². The van der Waals surface area contributed by atoms with Gasteiger partial charge in [0.15, 0.2) is 0 Å². The zero-order valence-electron chi connectivity index (χ0n) is 23.0. The lowest BCUT2D eigenvalue weighted by molar-refractivity contribution is -0.132. The van der Waals surface area contributed by atoms with Crippen LogP contribution in [0.25, 0.3) is 10.9 Å². The standard InChI is InChI=1S/C31H32Cl2N4O4/c1-40-24-14-22(15-25(16-24)41-2)35-31(39)37(23-8-9-23)19-30(38)36(18-20-7-10-27(32)28(33)13-20)12-11-21-17-34-29-6-4-3-5-26(21)29/h3-7,10,13-17,23,34H,8-9,11-12,18-19H2,1-2H3,(H,35,39). The van der Waals surface area contributed by atoms with Gasteiger partial charge in [0.1, 0.15) is 18.0 Å². The van der Waals surface area contributed by atoms with Crippen LogP contribution in [0.5, 0.6) is 11.5 Å². The molecule has 8 nitrogen and oxygen atoms in total. The predicted octanol–water partition coefficient (Wildman–Crippen LogP) is 6.76. The van der Waals surface area contributed by atoms with E-state index in [1.165, 1.54) is 0 Å². The lowest BCUT2D eigenvalue weighted by Gasteiger charge is -2.28. The molecule has 41 heavy (non-hydrogen) atoms. The largest absolute Gasteiger partial charge is 0.497 e. The molecule has 2 N–H and O–H groups in total. The average molecular weight is 596 g/mol. The van der Waals surface area contributed by atoms with Crippen LogP contribution < -0.4 is 14.8 Å². The highest BCUT2D eigenvalue weighted by atomic mass is 35.5. The lowest BCUT2D eigenvalue weighted by atomic mass is 10.1. The first-order valence-electron chi connectivity index (χ1n) is 13.4. The van der Waals surface area contributed by atoms with Gasteiger partial charge in [-0.15, -0.1) is 0 Å². The Morgan fingerprint density at radius 3 is 2.39 bits per heavy atom. The van der Waals surface area contributed by atoms with Crippen molar-refractivity contribution in [3.05, 3.63) is 88.0 Å². The first-order valence-corrected chi connectivity index (χ1v) is 14.2. The van der Waals surface area contributed by atoms with E-state index in [0.29, 0.717) is 46.7 Å². The maximum absolute atomic E-state index is 13.8. The number of H-pyrrole nitrogens is 1. The van der Waals surface area contributed by atoms with Gasteiger partial charge in [-0.05, 0) is 48.6 Å². The molecule has 1 fully saturated rings. The quantitative estimate of drug-likeness (QED) is 0.201. The summed E-state index contributed by atoms with van der Waals surface area (Å²) in [4.78, 5) is 33.9. The zero-order chi connectivity index (χ0) is 28.9. The minimum Gasteiger partial charge on any atom is -0.497 e. The summed E-state index contributed by atoms with van der Waals surface area (Å²) in [5, 5.41) is 4.93. The van der Waals surface area contributed by atoms with E-state index in [1.54, 1.807) is 54.4 Å². The number of ether oxygens (including phenoxy) is 2. The Kier molecular flexibility index (Phi) is 8.90. The van der Waals surface area contributed by atoms with Crippen LogP contribution in [0.1, 0.15) is 24.0 Å². The van der Waals surface area contributed by atoms with E-state index in [9.17, 15) is 9.59 Å². The number of aromatic amines is 1. The molecule has 1 aromatic heterocycles. The molecule has 1 aliphatic carbocycles. The van der Waals surface area contributed by atoms with Crippen LogP contribution in [0.2, 0.25) is 10.0 Å². The molecule has 5 rings (SSSR count). The predicted molar refractivity (Wildman–Crippen MR) is 162 cm³/mol. The van der Waals surface area contributed by atoms with E-state index < -0.39 is 0 Å². The second-order valence-corrected chi connectivity index (χ2v) is 10.9. The summed E-state index contributed by atoms with van der Waals surface area (Å²) in [6.45, 7) is 0.756. The molecule has 0 unspecified atom stereocenters. The molecule has 0 spiro atoms. The SMILES string of the molecule is COc1cc(NC(=O)N(CC(=O)N(CCc2c[nH]c3ccccc23)Cc2ccc(Cl)c(Cl)c2)C2CC2)cc(OC)c1. The molecule has 0 saturated heterocycles. The third-order valence-corrected chi connectivity index (χ3v) is 7.93. The van der Waals surface area contributed by atoms with Crippen LogP contribution in [-0.4, -0.2) is 60.1 Å². The number of carbonyl (C=O) groups is 2. The topological polar surface area (TPSA) is 86.9 Å². The zero-order valence-corrected chi connectivity index (χ0v) is 24.5. The molecule has 0 aliphatic heterocycles. The Labute approximate surface area is 249 Å². The number of anilines is 1. The molecule has 4 aromatic rings. The number of carbonyl (C=O) groups excluding carboxylic acids is 2. The Morgan fingerprint density at radius 2 is 1.71 bits per heavy atom. The van der Waals surface area contributed by atoms with Crippen molar-refractivity contribution < 1.29 is 19.1 Å². The molecule has 214 valence electrons. The molecule has 1 saturated carbocycles. The molecule has 3 amide bonds. The third-order valence-electron chi connectivity index (χ3n) is 7.19. The van der Waals surface area contributed by atoms with Gasteiger partial charge in [-0.25, -0.2) is 4.79 Å². The van der Waals surface area contributed by atoms with E-state index in [4.69, 9.17) is 32.7 Å². The fourth-order valence-electron chi connectivity index (χ4n) is 4.82. The molecule has 0 atom stereocenters. The van der Waals surface area contributed by atoms with E-state index in [2.05, 4.69) is 16.4 Å². The molecule has 10 heteroatoms. The normalized spacial score (nSPS) is 12.7. The van der Waals surface area contributed by atoms with Crippen molar-refractivity contribution >= 4 is 51.7 Å². The van der Waals surface area contributed by atoms with Gasteiger partial charge in [0, 0.05) is 60.1 Å². The number of aromatic nitrogens is 1. The highest BCUT2D eigenvalue weighted by Crippen LogP contribution is 2.30. The summed E-state index contributed by atoms with van der Waals surface area (Å²) >= 11 is 12.4. The third kappa shape index (κ3) is 7.07. The van der Waals surface area contributed by atoms with E-state index in [1.807, 2.05) is 30.5 Å². The number of urea groups is 1. The molecule has 1 aliphatic rings. The minimum absolute atomic E-state index is 0.00639. The van der Waals surface area contributed by atoms with Crippen LogP contribution in [0.3, 0.4) is 0 Å². The van der Waals surface area contributed by atoms with Crippen molar-refractivity contribution in [2.75, 3.05) is 32.6 Å². The fourth-order valence-corrected chi connectivity index (χ4v) is 5.14. The molecule has 3 aromatic carbocycles. The van der Waals surface area contributed by atoms with Crippen LogP contribution >= 0.6 is 23.2 Å². The molecule has 0 bridgehead atoms. The number of benzene rings is 3. The van der Waals surface area contributed by atoms with Gasteiger partial charge in [0.05, 0.1) is 24.3 Å². The Hall–Kier alpha value is -3.88. The van der Waals surface area contributed by atoms with E-state index in [-0.39, 0.29) is 24.5 Å². The Balaban J connectivity index is 1.34. The summed E-state index contributed by atoms with van der Waals surface area (Å²) in [5.41, 5.74) is 3.56. The van der Waals surface area contributed by atoms with Gasteiger partial charge >= 0.3 is 6.03 Å². The first-order chi connectivity index (χ1) is 19.8. The van der Waals surface area contributed by atoms with Crippen LogP contribution in [-0.2, 0) is 17.8 Å². The Bertz CT molecular complexity index is 1530. The number of methoxy groups -OCH3 is 2. The van der Waals surface area contributed by atoms with Crippen molar-refractivity contribution in [2.45, 2.75) is 31.8 Å². The first kappa shape index (κ1) is 28.6. The maximum atomic E-state index is 13.8. The van der Waals surface area contributed by atoms with Gasteiger partial charge in [-0.1, -0.05) is 47.5 Å². The van der Waals surface area contributed by atoms with Gasteiger partial charge < -0.3 is 29.6 Å². The summed E-state index contributed by atoms with van der Waals surface area (Å²) in [7, 11) is 3.10. The lowest BCUT2D eigenvalue weighted by Crippen LogP contribution is -2.45. The summed E-state index contributed by atoms with van der Waals surface area (Å²) in [6, 6.07) is 18.3. The number of fused-ring (bicyclic) bond motifs is 1. The number of para-hydroxylation sites is 1. The van der Waals surface area contributed by atoms with Crippen molar-refractivity contribution in [2.24, 2.45) is 0 Å². The fraction of sp³-hybridized carbons (Fsp3) is 0.290. The van der Waals surface area contributed by atoms with Crippen LogP contribution in [0.4, 0.5) is 10.5 Å². The molecule has 1 heterocycles. The number of amides is 3. The van der Waals surface area contributed by atoms with Crippen molar-refractivity contribution in [3.8, 4) is 11.5 Å². The Morgan fingerprint density at radius 1 is 0.976 bits per heavy atom. The van der Waals surface area contributed by atoms with Crippen LogP contribution in [0, 0.1) is 0 Å². The smallest absolute Gasteiger partial charge is 0.322 e. The van der Waals surface area contributed by atoms with Crippen LogP contribution in [0.15, 0.2) is 66.9 Å². The van der Waals surface area contributed by atoms with Gasteiger partial charge in [0.25, 0.3) is 0 Å². The average Bonchev–Trinajstić information content (AvgIpc) is 3.74. The monoisotopic (exact) mass is 594 g/mol. The summed E-state index contributed by atoms with van der Waals surface area (Å²) < 4.78 is 10.7. The molecular formula is C31H32Cl2N4O4. The van der Waals surface area contributed by atoms with Crippen molar-refractivity contribution in [1.82, 2.24) is 14.8 Å². The highest BCUT2D eigenvalue weighted by molar-refractivity contribution is 6.42. The van der Waals surface area contributed by atoms with Crippen molar-refractivity contribution in [3.63, 3.8) is 0 Å². The highest BCUT2D eigenvalue weighted by Gasteiger charge is 2.35. The number of hydrogen-bond donors (Lipinski definition) is 2. The number of rotatable bonds is 11. The number of hydrogen-bond acceptors (Lipinski definition) is 4. The summed E-state index contributed by atoms with van der Waals surface area (Å²) in [5.74, 6) is 0.957. The molecule has 0 radical (unpaired) electrons. The van der Waals surface area contributed by atoms with Gasteiger partial charge in [-0.2, -0.15) is 0 Å².